The number of rotatable bonds is 1. The van der Waals surface area contributed by atoms with Crippen LogP contribution >= 0.6 is 11.3 Å². The SMILES string of the molecule is [Li][c]1nc2c(C3CNCCO3)cccc2s1. The first kappa shape index (κ1) is 10.8. The van der Waals surface area contributed by atoms with Crippen LogP contribution in [0.4, 0.5) is 0 Å². The van der Waals surface area contributed by atoms with Gasteiger partial charge >= 0.3 is 108 Å². The van der Waals surface area contributed by atoms with E-state index in [1.807, 2.05) is 0 Å². The monoisotopic (exact) mass is 226 g/mol. The van der Waals surface area contributed by atoms with Gasteiger partial charge in [-0.1, -0.05) is 0 Å². The first-order valence-electron chi connectivity index (χ1n) is 5.53. The third-order valence-corrected chi connectivity index (χ3v) is 3.77. The molecule has 1 aliphatic heterocycles. The number of ether oxygens (including phenoxy) is 1. The van der Waals surface area contributed by atoms with Crippen LogP contribution in [0.15, 0.2) is 18.2 Å². The Balaban J connectivity index is 2.07. The fourth-order valence-corrected chi connectivity index (χ4v) is 2.97. The molecule has 0 saturated carbocycles. The van der Waals surface area contributed by atoms with Crippen LogP contribution in [0.1, 0.15) is 11.7 Å². The number of thiazole rings is 1. The van der Waals surface area contributed by atoms with Gasteiger partial charge in [-0.05, 0) is 0 Å². The zero-order chi connectivity index (χ0) is 11.0. The van der Waals surface area contributed by atoms with Crippen molar-refractivity contribution in [2.24, 2.45) is 0 Å². The summed E-state index contributed by atoms with van der Waals surface area (Å²) in [6.45, 7) is 2.61. The van der Waals surface area contributed by atoms with Crippen LogP contribution in [0.25, 0.3) is 10.2 Å². The Morgan fingerprint density at radius 2 is 2.44 bits per heavy atom. The van der Waals surface area contributed by atoms with Gasteiger partial charge < -0.3 is 0 Å². The third kappa shape index (κ3) is 1.92. The van der Waals surface area contributed by atoms with Crippen molar-refractivity contribution in [3.8, 4) is 0 Å². The summed E-state index contributed by atoms with van der Waals surface area (Å²) in [7, 11) is 0. The molecule has 0 spiro atoms. The first-order valence-corrected chi connectivity index (χ1v) is 6.34. The van der Waals surface area contributed by atoms with E-state index in [9.17, 15) is 0 Å². The van der Waals surface area contributed by atoms with E-state index in [2.05, 4.69) is 46.2 Å². The second-order valence-electron chi connectivity index (χ2n) is 3.99. The molecule has 1 atom stereocenters. The molecule has 1 fully saturated rings. The number of para-hydroxylation sites is 1. The molecule has 78 valence electrons. The fraction of sp³-hybridized carbons (Fsp3) is 0.364. The molecule has 1 N–H and O–H groups in total. The Labute approximate surface area is 107 Å². The molecule has 3 nitrogen and oxygen atoms in total. The molecule has 1 aliphatic rings. The van der Waals surface area contributed by atoms with E-state index in [4.69, 9.17) is 4.74 Å². The van der Waals surface area contributed by atoms with Crippen molar-refractivity contribution in [1.82, 2.24) is 10.3 Å². The number of nitrogens with one attached hydrogen (secondary N) is 1. The van der Waals surface area contributed by atoms with E-state index in [0.717, 1.165) is 28.9 Å². The third-order valence-electron chi connectivity index (χ3n) is 2.83. The van der Waals surface area contributed by atoms with E-state index in [1.54, 1.807) is 11.3 Å². The van der Waals surface area contributed by atoms with Crippen molar-refractivity contribution in [2.45, 2.75) is 6.10 Å². The number of hydrogen-bond donors (Lipinski definition) is 1. The summed E-state index contributed by atoms with van der Waals surface area (Å²) in [5, 5.41) is 3.36. The molecule has 2 heterocycles. The second kappa shape index (κ2) is 4.48. The molecule has 1 saturated heterocycles. The molecule has 2 aromatic rings. The molecule has 5 heteroatoms. The van der Waals surface area contributed by atoms with Gasteiger partial charge in [0.2, 0.25) is 0 Å². The predicted molar refractivity (Wildman–Crippen MR) is 66.6 cm³/mol. The molecule has 0 aliphatic carbocycles. The second-order valence-corrected chi connectivity index (χ2v) is 5.23. The predicted octanol–water partition coefficient (Wildman–Crippen LogP) is 0.751. The minimum absolute atomic E-state index is 0.152. The van der Waals surface area contributed by atoms with Gasteiger partial charge in [0.1, 0.15) is 0 Å². The molecule has 16 heavy (non-hydrogen) atoms. The average molecular weight is 226 g/mol. The molecule has 1 aromatic heterocycles. The number of nitrogens with zero attached hydrogens (tertiary/aromatic N) is 1. The summed E-state index contributed by atoms with van der Waals surface area (Å²) in [4.78, 5) is 4.60. The van der Waals surface area contributed by atoms with Gasteiger partial charge in [-0.2, -0.15) is 0 Å². The summed E-state index contributed by atoms with van der Waals surface area (Å²) >= 11 is 3.79. The Morgan fingerprint density at radius 3 is 3.25 bits per heavy atom. The van der Waals surface area contributed by atoms with Gasteiger partial charge in [0.05, 0.1) is 0 Å². The van der Waals surface area contributed by atoms with Gasteiger partial charge in [0.15, 0.2) is 0 Å². The van der Waals surface area contributed by atoms with Crippen molar-refractivity contribution in [1.29, 1.82) is 0 Å². The summed E-state index contributed by atoms with van der Waals surface area (Å²) in [6, 6.07) is 6.34. The Kier molecular flexibility index (Phi) is 3.01. The molecule has 0 radical (unpaired) electrons. The van der Waals surface area contributed by atoms with Crippen LogP contribution in [0.2, 0.25) is 0 Å². The van der Waals surface area contributed by atoms with Gasteiger partial charge in [-0.3, -0.25) is 0 Å². The maximum atomic E-state index is 5.78. The Morgan fingerprint density at radius 1 is 1.50 bits per heavy atom. The quantitative estimate of drug-likeness (QED) is 0.729. The zero-order valence-corrected chi connectivity index (χ0v) is 10.0. The van der Waals surface area contributed by atoms with E-state index < -0.39 is 0 Å². The standard InChI is InChI=1S/C11H11N2OS.Li/c1-2-8(9-6-12-4-5-14-9)11-10(3-1)15-7-13-11;/h1-3,9,12H,4-6H2;. The number of benzene rings is 1. The molecule has 1 aromatic carbocycles. The number of morpholine rings is 1. The van der Waals surface area contributed by atoms with Gasteiger partial charge in [0, 0.05) is 0 Å². The normalized spacial score (nSPS) is 21.5. The molecular formula is C11H11LiN2OS. The summed E-state index contributed by atoms with van der Waals surface area (Å²) in [5.41, 5.74) is 2.33. The van der Waals surface area contributed by atoms with Crippen molar-refractivity contribution in [3.05, 3.63) is 23.8 Å². The molecule has 0 bridgehead atoms. The summed E-state index contributed by atoms with van der Waals surface area (Å²) in [6.07, 6.45) is 0.152. The maximum absolute atomic E-state index is 5.78. The molecule has 0 amide bonds. The summed E-state index contributed by atoms with van der Waals surface area (Å²) in [5.74, 6) is 0. The number of aromatic nitrogens is 1. The van der Waals surface area contributed by atoms with Gasteiger partial charge in [-0.15, -0.1) is 0 Å². The Bertz CT molecular complexity index is 508. The number of fused-ring (bicyclic) bond motifs is 1. The first-order chi connectivity index (χ1) is 7.84. The van der Waals surface area contributed by atoms with Crippen molar-refractivity contribution in [3.63, 3.8) is 0 Å². The number of hydrogen-bond acceptors (Lipinski definition) is 4. The van der Waals surface area contributed by atoms with Gasteiger partial charge in [0.25, 0.3) is 0 Å². The zero-order valence-electron chi connectivity index (χ0n) is 9.19. The average Bonchev–Trinajstić information content (AvgIpc) is 2.70. The van der Waals surface area contributed by atoms with Crippen LogP contribution in [0.5, 0.6) is 0 Å². The van der Waals surface area contributed by atoms with Crippen LogP contribution in [-0.2, 0) is 4.74 Å². The van der Waals surface area contributed by atoms with Crippen molar-refractivity contribution >= 4 is 42.9 Å². The van der Waals surface area contributed by atoms with Gasteiger partial charge in [-0.25, -0.2) is 0 Å². The van der Waals surface area contributed by atoms with E-state index in [0.29, 0.717) is 0 Å². The van der Waals surface area contributed by atoms with Crippen LogP contribution in [-0.4, -0.2) is 42.4 Å². The van der Waals surface area contributed by atoms with Crippen LogP contribution in [0.3, 0.4) is 0 Å². The molecular weight excluding hydrogens is 215 g/mol. The van der Waals surface area contributed by atoms with Crippen LogP contribution in [0, 0.1) is 0 Å². The fourth-order valence-electron chi connectivity index (χ4n) is 2.11. The van der Waals surface area contributed by atoms with Crippen molar-refractivity contribution in [2.75, 3.05) is 19.7 Å². The molecule has 1 unspecified atom stereocenters. The van der Waals surface area contributed by atoms with E-state index in [1.165, 1.54) is 10.3 Å². The van der Waals surface area contributed by atoms with E-state index >= 15 is 0 Å². The molecule has 3 rings (SSSR count). The van der Waals surface area contributed by atoms with Crippen LogP contribution < -0.4 is 9.00 Å². The minimum atomic E-state index is 0.152. The Hall–Kier alpha value is -0.373. The van der Waals surface area contributed by atoms with Crippen molar-refractivity contribution < 1.29 is 4.74 Å². The van der Waals surface area contributed by atoms with E-state index in [-0.39, 0.29) is 6.10 Å². The summed E-state index contributed by atoms with van der Waals surface area (Å²) < 4.78 is 8.15. The topological polar surface area (TPSA) is 34.2 Å².